The molecule has 7 N–H and O–H groups in total. The number of amides is 4. The van der Waals surface area contributed by atoms with Crippen LogP contribution in [0.4, 0.5) is 0 Å². The van der Waals surface area contributed by atoms with E-state index in [0.29, 0.717) is 51.4 Å². The molecule has 0 radical (unpaired) electrons. The van der Waals surface area contributed by atoms with Crippen molar-refractivity contribution in [2.24, 2.45) is 5.73 Å². The summed E-state index contributed by atoms with van der Waals surface area (Å²) in [7, 11) is 0. The average molecular weight is 602 g/mol. The summed E-state index contributed by atoms with van der Waals surface area (Å²) in [6, 6.07) is 7.95. The summed E-state index contributed by atoms with van der Waals surface area (Å²) in [6.07, 6.45) is 9.71. The Morgan fingerprint density at radius 2 is 1.51 bits per heavy atom. The van der Waals surface area contributed by atoms with E-state index in [2.05, 4.69) is 22.9 Å². The number of hydroxylamine groups is 1. The first-order valence-electron chi connectivity index (χ1n) is 15.9. The van der Waals surface area contributed by atoms with Gasteiger partial charge in [-0.15, -0.1) is 0 Å². The first-order chi connectivity index (χ1) is 20.7. The molecule has 2 rings (SSSR count). The molecular weight excluding hydrogens is 550 g/mol. The maximum Gasteiger partial charge on any atom is 0.246 e. The number of rotatable bonds is 19. The Labute approximate surface area is 255 Å². The molecule has 0 heterocycles. The van der Waals surface area contributed by atoms with Crippen LogP contribution in [0.3, 0.4) is 0 Å². The summed E-state index contributed by atoms with van der Waals surface area (Å²) >= 11 is 0. The maximum atomic E-state index is 14.1. The van der Waals surface area contributed by atoms with Gasteiger partial charge < -0.3 is 21.7 Å². The highest BCUT2D eigenvalue weighted by Crippen LogP contribution is 2.28. The fourth-order valence-corrected chi connectivity index (χ4v) is 5.57. The summed E-state index contributed by atoms with van der Waals surface area (Å²) in [5.41, 5.74) is 6.83. The lowest BCUT2D eigenvalue weighted by molar-refractivity contribution is -0.137. The minimum absolute atomic E-state index is 0.0243. The fraction of sp³-hybridized carbons (Fsp3) is 0.656. The van der Waals surface area contributed by atoms with E-state index >= 15 is 0 Å². The molecule has 4 amide bonds. The van der Waals surface area contributed by atoms with Crippen LogP contribution in [0, 0.1) is 0 Å². The van der Waals surface area contributed by atoms with Crippen molar-refractivity contribution in [3.8, 4) is 0 Å². The molecule has 0 aliphatic heterocycles. The van der Waals surface area contributed by atoms with Crippen molar-refractivity contribution in [2.45, 2.75) is 127 Å². The summed E-state index contributed by atoms with van der Waals surface area (Å²) in [5, 5.41) is 17.4. The molecule has 1 aromatic rings. The zero-order valence-corrected chi connectivity index (χ0v) is 25.6. The van der Waals surface area contributed by atoms with E-state index in [1.807, 2.05) is 30.3 Å². The van der Waals surface area contributed by atoms with E-state index in [-0.39, 0.29) is 24.7 Å². The van der Waals surface area contributed by atoms with Crippen LogP contribution in [0.25, 0.3) is 0 Å². The molecule has 240 valence electrons. The zero-order chi connectivity index (χ0) is 31.5. The number of nitrogens with two attached hydrogens (primary N) is 1. The molecule has 1 fully saturated rings. The molecule has 43 heavy (non-hydrogen) atoms. The first kappa shape index (κ1) is 35.9. The monoisotopic (exact) mass is 601 g/mol. The summed E-state index contributed by atoms with van der Waals surface area (Å²) in [4.78, 5) is 64.6. The molecule has 0 saturated heterocycles. The van der Waals surface area contributed by atoms with Crippen LogP contribution in [-0.2, 0) is 30.4 Å². The van der Waals surface area contributed by atoms with Crippen LogP contribution in [0.2, 0.25) is 0 Å². The molecule has 0 bridgehead atoms. The topological polar surface area (TPSA) is 180 Å². The molecule has 2 atom stereocenters. The van der Waals surface area contributed by atoms with Gasteiger partial charge in [-0.2, -0.15) is 0 Å². The number of ketones is 1. The lowest BCUT2D eigenvalue weighted by Gasteiger charge is -2.35. The third-order valence-electron chi connectivity index (χ3n) is 8.12. The Bertz CT molecular complexity index is 1030. The van der Waals surface area contributed by atoms with Gasteiger partial charge in [0.05, 0.1) is 12.6 Å². The van der Waals surface area contributed by atoms with Crippen molar-refractivity contribution in [3.05, 3.63) is 35.9 Å². The Morgan fingerprint density at radius 1 is 0.837 bits per heavy atom. The zero-order valence-electron chi connectivity index (χ0n) is 25.6. The summed E-state index contributed by atoms with van der Waals surface area (Å²) in [5.74, 6) is -1.84. The smallest absolute Gasteiger partial charge is 0.246 e. The predicted octanol–water partition coefficient (Wildman–Crippen LogP) is 2.97. The van der Waals surface area contributed by atoms with E-state index in [1.165, 1.54) is 0 Å². The van der Waals surface area contributed by atoms with Crippen LogP contribution >= 0.6 is 0 Å². The van der Waals surface area contributed by atoms with E-state index in [4.69, 9.17) is 10.9 Å². The molecule has 11 heteroatoms. The third-order valence-corrected chi connectivity index (χ3v) is 8.12. The highest BCUT2D eigenvalue weighted by atomic mass is 16.5. The molecule has 1 aromatic carbocycles. The first-order valence-corrected chi connectivity index (χ1v) is 15.9. The van der Waals surface area contributed by atoms with Gasteiger partial charge in [-0.25, -0.2) is 5.48 Å². The third kappa shape index (κ3) is 12.8. The average Bonchev–Trinajstić information content (AvgIpc) is 3.26. The van der Waals surface area contributed by atoms with E-state index < -0.39 is 35.3 Å². The largest absolute Gasteiger partial charge is 0.344 e. The van der Waals surface area contributed by atoms with Gasteiger partial charge in [0.15, 0.2) is 5.78 Å². The number of hydrogen-bond donors (Lipinski definition) is 6. The van der Waals surface area contributed by atoms with E-state index in [0.717, 1.165) is 50.5 Å². The van der Waals surface area contributed by atoms with E-state index in [1.54, 1.807) is 5.48 Å². The Balaban J connectivity index is 2.23. The molecule has 11 nitrogen and oxygen atoms in total. The van der Waals surface area contributed by atoms with E-state index in [9.17, 15) is 24.0 Å². The lowest BCUT2D eigenvalue weighted by atomic mass is 9.87. The van der Waals surface area contributed by atoms with Crippen LogP contribution in [-0.4, -0.2) is 58.8 Å². The fourth-order valence-electron chi connectivity index (χ4n) is 5.57. The standard InChI is InChI=1S/C32H51N5O6/c1-2-3-8-18-27(38)26(22-24-15-9-6-10-16-24)35-31(42)32(20-13-4-5-14-21-32)36-30(41)25(34-29(40)23-33)17-11-7-12-19-28(39)37-43/h6,9-10,15-16,25-26,43H,2-5,7-8,11-14,17-23,33H2,1H3,(H,34,40)(H,35,42)(H,36,41)(H,37,39)/t25-,26-/m0/s1. The molecular formula is C32H51N5O6. The Kier molecular flexibility index (Phi) is 16.5. The number of nitrogens with one attached hydrogen (secondary N) is 4. The van der Waals surface area contributed by atoms with Crippen molar-refractivity contribution < 1.29 is 29.2 Å². The second-order valence-corrected chi connectivity index (χ2v) is 11.6. The second-order valence-electron chi connectivity index (χ2n) is 11.6. The molecule has 1 saturated carbocycles. The normalized spacial score (nSPS) is 15.8. The summed E-state index contributed by atoms with van der Waals surface area (Å²) in [6.45, 7) is 1.79. The van der Waals surface area contributed by atoms with Crippen molar-refractivity contribution in [3.63, 3.8) is 0 Å². The van der Waals surface area contributed by atoms with Crippen molar-refractivity contribution in [1.29, 1.82) is 0 Å². The molecule has 1 aliphatic carbocycles. The van der Waals surface area contributed by atoms with Crippen molar-refractivity contribution in [1.82, 2.24) is 21.4 Å². The minimum Gasteiger partial charge on any atom is -0.344 e. The molecule has 0 unspecified atom stereocenters. The van der Waals surface area contributed by atoms with Crippen molar-refractivity contribution in [2.75, 3.05) is 6.54 Å². The number of benzene rings is 1. The SMILES string of the molecule is CCCCCC(=O)[C@H](Cc1ccccc1)NC(=O)C1(NC(=O)[C@H](CCCCCC(=O)NO)NC(=O)CN)CCCCCC1. The highest BCUT2D eigenvalue weighted by molar-refractivity contribution is 5.97. The predicted molar refractivity (Wildman–Crippen MR) is 164 cm³/mol. The van der Waals surface area contributed by atoms with Gasteiger partial charge >= 0.3 is 0 Å². The number of carbonyl (C=O) groups excluding carboxylic acids is 5. The Morgan fingerprint density at radius 3 is 2.14 bits per heavy atom. The van der Waals surface area contributed by atoms with Gasteiger partial charge in [0.2, 0.25) is 23.6 Å². The maximum absolute atomic E-state index is 14.1. The van der Waals surface area contributed by atoms with Gasteiger partial charge in [-0.3, -0.25) is 29.2 Å². The van der Waals surface area contributed by atoms with Gasteiger partial charge in [0.1, 0.15) is 11.6 Å². The van der Waals surface area contributed by atoms with Crippen LogP contribution in [0.15, 0.2) is 30.3 Å². The molecule has 0 spiro atoms. The van der Waals surface area contributed by atoms with Crippen LogP contribution in [0.1, 0.15) is 109 Å². The molecule has 1 aliphatic rings. The highest BCUT2D eigenvalue weighted by Gasteiger charge is 2.42. The van der Waals surface area contributed by atoms with Gasteiger partial charge in [0, 0.05) is 12.8 Å². The second kappa shape index (κ2) is 19.8. The number of hydrogen-bond acceptors (Lipinski definition) is 7. The number of unbranched alkanes of at least 4 members (excludes halogenated alkanes) is 4. The summed E-state index contributed by atoms with van der Waals surface area (Å²) < 4.78 is 0. The van der Waals surface area contributed by atoms with Gasteiger partial charge in [0.25, 0.3) is 0 Å². The number of Topliss-reactive ketones (excluding diaryl/α,β-unsaturated/α-hetero) is 1. The van der Waals surface area contributed by atoms with Crippen molar-refractivity contribution >= 4 is 29.4 Å². The van der Waals surface area contributed by atoms with Crippen LogP contribution < -0.4 is 27.2 Å². The minimum atomic E-state index is -1.21. The Hall–Kier alpha value is -3.31. The lowest BCUT2D eigenvalue weighted by Crippen LogP contribution is -2.64. The number of carbonyl (C=O) groups is 5. The van der Waals surface area contributed by atoms with Gasteiger partial charge in [-0.05, 0) is 44.1 Å². The molecule has 0 aromatic heterocycles. The van der Waals surface area contributed by atoms with Gasteiger partial charge in [-0.1, -0.05) is 88.6 Å². The quantitative estimate of drug-likeness (QED) is 0.0610. The van der Waals surface area contributed by atoms with Crippen LogP contribution in [0.5, 0.6) is 0 Å².